The van der Waals surface area contributed by atoms with Crippen molar-refractivity contribution in [1.82, 2.24) is 4.90 Å². The van der Waals surface area contributed by atoms with Crippen LogP contribution >= 0.6 is 0 Å². The molecule has 2 atom stereocenters. The van der Waals surface area contributed by atoms with E-state index in [9.17, 15) is 24.6 Å². The molecule has 0 aromatic carbocycles. The van der Waals surface area contributed by atoms with Gasteiger partial charge in [-0.05, 0) is 122 Å². The molecular weight excluding hydrogens is 875 g/mol. The number of unbranched alkanes of at least 4 members (excludes halogenated alkanes) is 29. The predicted octanol–water partition coefficient (Wildman–Crippen LogP) is 16.8. The summed E-state index contributed by atoms with van der Waals surface area (Å²) in [4.78, 5) is 40.6. The topological polar surface area (TPSA) is 123 Å². The van der Waals surface area contributed by atoms with E-state index in [0.717, 1.165) is 148 Å². The van der Waals surface area contributed by atoms with Crippen LogP contribution in [-0.4, -0.2) is 83.7 Å². The first kappa shape index (κ1) is 68.0. The van der Waals surface area contributed by atoms with Gasteiger partial charge in [-0.2, -0.15) is 0 Å². The first-order valence-electron chi connectivity index (χ1n) is 30.5. The van der Waals surface area contributed by atoms with Crippen LogP contribution in [0.25, 0.3) is 0 Å². The highest BCUT2D eigenvalue weighted by Gasteiger charge is 2.17. The molecule has 9 nitrogen and oxygen atoms in total. The first-order chi connectivity index (χ1) is 34.2. The lowest BCUT2D eigenvalue weighted by molar-refractivity contribution is -0.151. The molecule has 9 heteroatoms. The maximum absolute atomic E-state index is 12.9. The molecule has 0 aliphatic carbocycles. The zero-order chi connectivity index (χ0) is 51.4. The number of hydrogen-bond donors (Lipinski definition) is 2. The number of ether oxygens (including phenoxy) is 3. The average Bonchev–Trinajstić information content (AvgIpc) is 3.35. The summed E-state index contributed by atoms with van der Waals surface area (Å²) in [5, 5.41) is 19.7. The van der Waals surface area contributed by atoms with Gasteiger partial charge in [0.25, 0.3) is 0 Å². The number of esters is 3. The highest BCUT2D eigenvalue weighted by atomic mass is 16.5. The molecule has 0 fully saturated rings. The first-order valence-corrected chi connectivity index (χ1v) is 30.5. The summed E-state index contributed by atoms with van der Waals surface area (Å²) >= 11 is 0. The molecule has 0 rings (SSSR count). The standard InChI is InChI=1S/C61H117NO8/c1-6-11-15-19-25-33-43-55(44-34-26-20-16-12-7-2)69-60(66)47-37-29-23-31-39-51-62(53-41-42-54-68-59(65)50-49-58(64)57(63)10-5)52-40-32-24-30-38-48-61(67)70-56(45-35-27-21-17-13-8-3)46-36-28-22-18-14-9-4/h49-50,55-58,63-64H,6-48,51-54H2,1-5H3/b50-49+. The van der Waals surface area contributed by atoms with E-state index in [1.807, 2.05) is 0 Å². The molecule has 0 heterocycles. The minimum Gasteiger partial charge on any atom is -0.463 e. The lowest BCUT2D eigenvalue weighted by Crippen LogP contribution is -2.27. The third-order valence-corrected chi connectivity index (χ3v) is 14.2. The molecule has 0 aromatic heterocycles. The Labute approximate surface area is 433 Å². The lowest BCUT2D eigenvalue weighted by Gasteiger charge is -2.22. The number of rotatable bonds is 55. The van der Waals surface area contributed by atoms with Gasteiger partial charge in [0.15, 0.2) is 0 Å². The molecular formula is C61H117NO8. The van der Waals surface area contributed by atoms with Gasteiger partial charge in [0, 0.05) is 18.9 Å². The Kier molecular flexibility index (Phi) is 51.8. The third kappa shape index (κ3) is 47.1. The van der Waals surface area contributed by atoms with Gasteiger partial charge in [-0.1, -0.05) is 202 Å². The number of aliphatic hydroxyl groups is 2. The molecule has 0 saturated carbocycles. The number of hydrogen-bond acceptors (Lipinski definition) is 9. The van der Waals surface area contributed by atoms with E-state index in [1.165, 1.54) is 141 Å². The minimum atomic E-state index is -1.08. The van der Waals surface area contributed by atoms with Crippen LogP contribution in [0.1, 0.15) is 311 Å². The van der Waals surface area contributed by atoms with Crippen molar-refractivity contribution < 1.29 is 38.8 Å². The number of carbonyl (C=O) groups is 3. The maximum Gasteiger partial charge on any atom is 0.330 e. The van der Waals surface area contributed by atoms with E-state index >= 15 is 0 Å². The fourth-order valence-electron chi connectivity index (χ4n) is 9.43. The molecule has 414 valence electrons. The zero-order valence-electron chi connectivity index (χ0n) is 47.0. The van der Waals surface area contributed by atoms with Gasteiger partial charge in [-0.25, -0.2) is 4.79 Å². The van der Waals surface area contributed by atoms with Crippen molar-refractivity contribution in [2.45, 2.75) is 335 Å². The van der Waals surface area contributed by atoms with Gasteiger partial charge in [0.05, 0.1) is 18.8 Å². The molecule has 2 N–H and O–H groups in total. The Morgan fingerprint density at radius 1 is 0.414 bits per heavy atom. The lowest BCUT2D eigenvalue weighted by atomic mass is 10.0. The van der Waals surface area contributed by atoms with Crippen molar-refractivity contribution in [2.75, 3.05) is 26.2 Å². The molecule has 0 radical (unpaired) electrons. The molecule has 0 spiro atoms. The number of carbonyl (C=O) groups excluding carboxylic acids is 3. The van der Waals surface area contributed by atoms with E-state index in [1.54, 1.807) is 6.92 Å². The Hall–Kier alpha value is -1.97. The Balaban J connectivity index is 4.86. The molecule has 2 unspecified atom stereocenters. The summed E-state index contributed by atoms with van der Waals surface area (Å²) in [5.74, 6) is -0.508. The highest BCUT2D eigenvalue weighted by Crippen LogP contribution is 2.21. The van der Waals surface area contributed by atoms with E-state index in [-0.39, 0.29) is 24.1 Å². The van der Waals surface area contributed by atoms with Crippen LogP contribution in [0.15, 0.2) is 12.2 Å². The maximum atomic E-state index is 12.9. The van der Waals surface area contributed by atoms with Crippen LogP contribution in [0.2, 0.25) is 0 Å². The van der Waals surface area contributed by atoms with Crippen LogP contribution in [0.3, 0.4) is 0 Å². The van der Waals surface area contributed by atoms with Gasteiger partial charge in [-0.15, -0.1) is 0 Å². The molecule has 0 aromatic rings. The van der Waals surface area contributed by atoms with Gasteiger partial charge in [0.2, 0.25) is 0 Å². The summed E-state index contributed by atoms with van der Waals surface area (Å²) < 4.78 is 17.5. The average molecular weight is 993 g/mol. The monoisotopic (exact) mass is 992 g/mol. The van der Waals surface area contributed by atoms with Crippen LogP contribution in [-0.2, 0) is 28.6 Å². The molecule has 0 amide bonds. The molecule has 0 bridgehead atoms. The van der Waals surface area contributed by atoms with Gasteiger partial charge >= 0.3 is 17.9 Å². The predicted molar refractivity (Wildman–Crippen MR) is 295 cm³/mol. The number of aliphatic hydroxyl groups excluding tert-OH is 2. The van der Waals surface area contributed by atoms with E-state index in [2.05, 4.69) is 32.6 Å². The normalized spacial score (nSPS) is 12.7. The number of nitrogens with zero attached hydrogens (tertiary/aromatic N) is 1. The molecule has 0 aliphatic rings. The molecule has 70 heavy (non-hydrogen) atoms. The van der Waals surface area contributed by atoms with Crippen LogP contribution in [0.5, 0.6) is 0 Å². The molecule has 0 aliphatic heterocycles. The van der Waals surface area contributed by atoms with Crippen LogP contribution < -0.4 is 0 Å². The summed E-state index contributed by atoms with van der Waals surface area (Å²) in [6.45, 7) is 14.1. The Morgan fingerprint density at radius 2 is 0.729 bits per heavy atom. The highest BCUT2D eigenvalue weighted by molar-refractivity contribution is 5.82. The molecule has 0 saturated heterocycles. The summed E-state index contributed by atoms with van der Waals surface area (Å²) in [7, 11) is 0. The second kappa shape index (κ2) is 53.3. The second-order valence-corrected chi connectivity index (χ2v) is 21.0. The van der Waals surface area contributed by atoms with Crippen molar-refractivity contribution in [3.63, 3.8) is 0 Å². The summed E-state index contributed by atoms with van der Waals surface area (Å²) in [5.41, 5.74) is 0. The summed E-state index contributed by atoms with van der Waals surface area (Å²) in [6.07, 6.45) is 48.9. The van der Waals surface area contributed by atoms with E-state index < -0.39 is 18.2 Å². The fourth-order valence-corrected chi connectivity index (χ4v) is 9.43. The van der Waals surface area contributed by atoms with Gasteiger partial charge in [0.1, 0.15) is 12.2 Å². The van der Waals surface area contributed by atoms with Crippen molar-refractivity contribution in [3.8, 4) is 0 Å². The quantitative estimate of drug-likeness (QED) is 0.0265. The smallest absolute Gasteiger partial charge is 0.330 e. The van der Waals surface area contributed by atoms with Crippen molar-refractivity contribution in [1.29, 1.82) is 0 Å². The SMILES string of the molecule is CCCCCCCCC(CCCCCCCC)OC(=O)CCCCCCCN(CCCCCCCC(=O)OC(CCCCCCCC)CCCCCCCC)CCCCOC(=O)/C=C/C(O)C(O)CC. The van der Waals surface area contributed by atoms with Crippen LogP contribution in [0.4, 0.5) is 0 Å². The Morgan fingerprint density at radius 3 is 1.09 bits per heavy atom. The van der Waals surface area contributed by atoms with Crippen molar-refractivity contribution >= 4 is 17.9 Å². The fraction of sp³-hybridized carbons (Fsp3) is 0.918. The van der Waals surface area contributed by atoms with Gasteiger partial charge < -0.3 is 29.3 Å². The second-order valence-electron chi connectivity index (χ2n) is 21.0. The van der Waals surface area contributed by atoms with Crippen molar-refractivity contribution in [3.05, 3.63) is 12.2 Å². The van der Waals surface area contributed by atoms with E-state index in [4.69, 9.17) is 14.2 Å². The third-order valence-electron chi connectivity index (χ3n) is 14.2. The largest absolute Gasteiger partial charge is 0.463 e. The van der Waals surface area contributed by atoms with Gasteiger partial charge in [-0.3, -0.25) is 9.59 Å². The van der Waals surface area contributed by atoms with Crippen LogP contribution in [0, 0.1) is 0 Å². The minimum absolute atomic E-state index is 0.00565. The summed E-state index contributed by atoms with van der Waals surface area (Å²) in [6, 6.07) is 0. The van der Waals surface area contributed by atoms with E-state index in [0.29, 0.717) is 25.9 Å². The van der Waals surface area contributed by atoms with Crippen molar-refractivity contribution in [2.24, 2.45) is 0 Å². The Bertz CT molecular complexity index is 1070. The zero-order valence-corrected chi connectivity index (χ0v) is 47.0.